The molecule has 5 heteroatoms. The molecule has 3 atom stereocenters. The maximum absolute atomic E-state index is 12.2. The molecule has 1 aliphatic carbocycles. The maximum atomic E-state index is 12.2. The Morgan fingerprint density at radius 2 is 2.13 bits per heavy atom. The van der Waals surface area contributed by atoms with E-state index in [0.717, 1.165) is 55.6 Å². The van der Waals surface area contributed by atoms with Crippen molar-refractivity contribution in [2.24, 2.45) is 0 Å². The van der Waals surface area contributed by atoms with Gasteiger partial charge in [0.15, 0.2) is 5.43 Å². The van der Waals surface area contributed by atoms with Gasteiger partial charge in [-0.3, -0.25) is 9.69 Å². The first kappa shape index (κ1) is 16.7. The van der Waals surface area contributed by atoms with Crippen LogP contribution < -0.4 is 5.43 Å². The Kier molecular flexibility index (Phi) is 4.63. The summed E-state index contributed by atoms with van der Waals surface area (Å²) in [6.07, 6.45) is 6.30. The van der Waals surface area contributed by atoms with Crippen LogP contribution >= 0.6 is 0 Å². The number of hydrogen-bond donors (Lipinski definition) is 1. The molecule has 23 heavy (non-hydrogen) atoms. The molecule has 1 aromatic rings. The van der Waals surface area contributed by atoms with E-state index in [-0.39, 0.29) is 11.0 Å². The van der Waals surface area contributed by atoms with Crippen LogP contribution in [0.2, 0.25) is 0 Å². The minimum absolute atomic E-state index is 0.0477. The number of nitrogens with zero attached hydrogens (tertiary/aromatic N) is 1. The van der Waals surface area contributed by atoms with Crippen molar-refractivity contribution in [3.05, 3.63) is 33.2 Å². The molecule has 1 aliphatic heterocycles. The van der Waals surface area contributed by atoms with Crippen molar-refractivity contribution in [1.82, 2.24) is 9.88 Å². The summed E-state index contributed by atoms with van der Waals surface area (Å²) in [7, 11) is 3.63. The molecule has 0 aromatic carbocycles. The number of aromatic nitrogens is 1. The standard InChI is InChI=1S/C18H28N2O3/c1-12-10-19-15(13(2)17(12)21)11-20-8-7-18(23-4)6-5-14(22-3)9-16(18)20/h10,14,16H,5-9,11H2,1-4H3,(H,19,21)/t14-,16+,18-/m1/s1. The number of rotatable bonds is 4. The molecule has 0 spiro atoms. The lowest BCUT2D eigenvalue weighted by molar-refractivity contribution is -0.0948. The van der Waals surface area contributed by atoms with Crippen LogP contribution in [0.1, 0.15) is 42.5 Å². The van der Waals surface area contributed by atoms with Gasteiger partial charge in [-0.1, -0.05) is 0 Å². The first-order valence-corrected chi connectivity index (χ1v) is 8.50. The Morgan fingerprint density at radius 1 is 1.35 bits per heavy atom. The average molecular weight is 320 g/mol. The molecule has 1 N–H and O–H groups in total. The Labute approximate surface area is 138 Å². The minimum atomic E-state index is -0.0477. The highest BCUT2D eigenvalue weighted by atomic mass is 16.5. The smallest absolute Gasteiger partial charge is 0.187 e. The highest BCUT2D eigenvalue weighted by molar-refractivity contribution is 5.24. The fourth-order valence-corrected chi connectivity index (χ4v) is 4.33. The minimum Gasteiger partial charge on any atom is -0.381 e. The number of hydrogen-bond acceptors (Lipinski definition) is 4. The van der Waals surface area contributed by atoms with Crippen LogP contribution in [0.3, 0.4) is 0 Å². The molecule has 1 saturated heterocycles. The highest BCUT2D eigenvalue weighted by Gasteiger charge is 2.51. The van der Waals surface area contributed by atoms with E-state index in [4.69, 9.17) is 9.47 Å². The van der Waals surface area contributed by atoms with Crippen LogP contribution in [0, 0.1) is 13.8 Å². The largest absolute Gasteiger partial charge is 0.381 e. The van der Waals surface area contributed by atoms with Crippen molar-refractivity contribution in [2.45, 2.75) is 63.8 Å². The van der Waals surface area contributed by atoms with Crippen LogP contribution in [0.15, 0.2) is 11.0 Å². The first-order valence-electron chi connectivity index (χ1n) is 8.50. The molecule has 2 heterocycles. The Bertz CT molecular complexity index is 627. The molecule has 0 amide bonds. The predicted molar refractivity (Wildman–Crippen MR) is 89.7 cm³/mol. The predicted octanol–water partition coefficient (Wildman–Crippen LogP) is 2.15. The van der Waals surface area contributed by atoms with Crippen LogP contribution in [0.25, 0.3) is 0 Å². The Hall–Kier alpha value is -1.17. The van der Waals surface area contributed by atoms with Crippen LogP contribution in [-0.2, 0) is 16.0 Å². The lowest BCUT2D eigenvalue weighted by atomic mass is 9.79. The molecule has 128 valence electrons. The zero-order valence-corrected chi connectivity index (χ0v) is 14.6. The van der Waals surface area contributed by atoms with E-state index in [1.54, 1.807) is 7.11 Å². The van der Waals surface area contributed by atoms with Gasteiger partial charge >= 0.3 is 0 Å². The lowest BCUT2D eigenvalue weighted by Gasteiger charge is -2.43. The van der Waals surface area contributed by atoms with Crippen molar-refractivity contribution in [3.8, 4) is 0 Å². The molecular formula is C18H28N2O3. The molecule has 1 saturated carbocycles. The van der Waals surface area contributed by atoms with Crippen molar-refractivity contribution in [1.29, 1.82) is 0 Å². The summed E-state index contributed by atoms with van der Waals surface area (Å²) in [4.78, 5) is 18.0. The molecule has 3 rings (SSSR count). The van der Waals surface area contributed by atoms with E-state index >= 15 is 0 Å². The number of fused-ring (bicyclic) bond motifs is 1. The molecular weight excluding hydrogens is 292 g/mol. The van der Waals surface area contributed by atoms with E-state index in [1.807, 2.05) is 27.2 Å². The third-order valence-corrected chi connectivity index (χ3v) is 5.96. The van der Waals surface area contributed by atoms with Crippen LogP contribution in [0.5, 0.6) is 0 Å². The summed E-state index contributed by atoms with van der Waals surface area (Å²) in [5, 5.41) is 0. The van der Waals surface area contributed by atoms with Gasteiger partial charge in [-0.2, -0.15) is 0 Å². The summed E-state index contributed by atoms with van der Waals surface area (Å²) in [5.41, 5.74) is 2.73. The van der Waals surface area contributed by atoms with Gasteiger partial charge in [0.1, 0.15) is 0 Å². The summed E-state index contributed by atoms with van der Waals surface area (Å²) in [5.74, 6) is 0. The zero-order chi connectivity index (χ0) is 16.6. The van der Waals surface area contributed by atoms with Crippen molar-refractivity contribution < 1.29 is 9.47 Å². The molecule has 2 aliphatic rings. The monoisotopic (exact) mass is 320 g/mol. The molecule has 2 fully saturated rings. The van der Waals surface area contributed by atoms with Crippen LogP contribution in [0.4, 0.5) is 0 Å². The zero-order valence-electron chi connectivity index (χ0n) is 14.6. The molecule has 5 nitrogen and oxygen atoms in total. The molecule has 0 bridgehead atoms. The number of nitrogens with one attached hydrogen (secondary N) is 1. The number of pyridine rings is 1. The third kappa shape index (κ3) is 2.86. The van der Waals surface area contributed by atoms with Crippen molar-refractivity contribution in [3.63, 3.8) is 0 Å². The van der Waals surface area contributed by atoms with Gasteiger partial charge in [0.2, 0.25) is 0 Å². The summed E-state index contributed by atoms with van der Waals surface area (Å²) < 4.78 is 11.6. The quantitative estimate of drug-likeness (QED) is 0.923. The molecule has 0 radical (unpaired) electrons. The van der Waals surface area contributed by atoms with Crippen molar-refractivity contribution in [2.75, 3.05) is 20.8 Å². The van der Waals surface area contributed by atoms with Gasteiger partial charge < -0.3 is 14.5 Å². The Balaban J connectivity index is 1.83. The average Bonchev–Trinajstić information content (AvgIpc) is 2.93. The summed E-state index contributed by atoms with van der Waals surface area (Å²) in [6, 6.07) is 0.357. The van der Waals surface area contributed by atoms with E-state index in [0.29, 0.717) is 12.1 Å². The second kappa shape index (κ2) is 6.38. The molecule has 0 unspecified atom stereocenters. The van der Waals surface area contributed by atoms with Gasteiger partial charge in [-0.15, -0.1) is 0 Å². The van der Waals surface area contributed by atoms with E-state index in [9.17, 15) is 4.79 Å². The number of likely N-dealkylation sites (tertiary alicyclic amines) is 1. The van der Waals surface area contributed by atoms with Gasteiger partial charge in [-0.05, 0) is 39.5 Å². The Morgan fingerprint density at radius 3 is 2.83 bits per heavy atom. The fraction of sp³-hybridized carbons (Fsp3) is 0.722. The third-order valence-electron chi connectivity index (χ3n) is 5.96. The summed E-state index contributed by atoms with van der Waals surface area (Å²) >= 11 is 0. The van der Waals surface area contributed by atoms with Gasteiger partial charge in [0.25, 0.3) is 0 Å². The topological polar surface area (TPSA) is 54.6 Å². The number of methoxy groups -OCH3 is 2. The van der Waals surface area contributed by atoms with E-state index < -0.39 is 0 Å². The second-order valence-corrected chi connectivity index (χ2v) is 7.04. The van der Waals surface area contributed by atoms with Gasteiger partial charge in [0, 0.05) is 56.4 Å². The SMILES string of the molecule is CO[C@@H]1CC[C@@]2(OC)CCN(Cc3[nH]cc(C)c(=O)c3C)[C@H]2C1. The van der Waals surface area contributed by atoms with E-state index in [1.165, 1.54) is 0 Å². The fourth-order valence-electron chi connectivity index (χ4n) is 4.33. The van der Waals surface area contributed by atoms with Crippen LogP contribution in [-0.4, -0.2) is 48.4 Å². The number of H-pyrrole nitrogens is 1. The summed E-state index contributed by atoms with van der Waals surface area (Å²) in [6.45, 7) is 5.54. The highest BCUT2D eigenvalue weighted by Crippen LogP contribution is 2.43. The maximum Gasteiger partial charge on any atom is 0.187 e. The lowest BCUT2D eigenvalue weighted by Crippen LogP contribution is -2.51. The van der Waals surface area contributed by atoms with E-state index in [2.05, 4.69) is 9.88 Å². The number of aromatic amines is 1. The molecule has 1 aromatic heterocycles. The second-order valence-electron chi connectivity index (χ2n) is 7.04. The van der Waals surface area contributed by atoms with Gasteiger partial charge in [-0.25, -0.2) is 0 Å². The van der Waals surface area contributed by atoms with Gasteiger partial charge in [0.05, 0.1) is 11.7 Å². The number of ether oxygens (including phenoxy) is 2. The number of aryl methyl sites for hydroxylation is 1. The normalized spacial score (nSPS) is 31.3. The first-order chi connectivity index (χ1) is 11.0. The van der Waals surface area contributed by atoms with Crippen molar-refractivity contribution >= 4 is 0 Å².